The van der Waals surface area contributed by atoms with Crippen LogP contribution in [-0.2, 0) is 4.79 Å². The van der Waals surface area contributed by atoms with Gasteiger partial charge in [0.2, 0.25) is 5.91 Å². The van der Waals surface area contributed by atoms with Crippen LogP contribution in [0.25, 0.3) is 0 Å². The van der Waals surface area contributed by atoms with Crippen LogP contribution in [0.4, 0.5) is 0 Å². The van der Waals surface area contributed by atoms with E-state index in [4.69, 9.17) is 0 Å². The fourth-order valence-electron chi connectivity index (χ4n) is 3.64. The number of piperidine rings is 1. The highest BCUT2D eigenvalue weighted by Gasteiger charge is 2.34. The predicted octanol–water partition coefficient (Wildman–Crippen LogP) is 1.69. The van der Waals surface area contributed by atoms with Gasteiger partial charge in [-0.05, 0) is 33.1 Å². The molecular weight excluding hydrogens is 324 g/mol. The lowest BCUT2D eigenvalue weighted by Crippen LogP contribution is -2.59. The number of thiazole rings is 1. The van der Waals surface area contributed by atoms with E-state index in [-0.39, 0.29) is 23.9 Å². The summed E-state index contributed by atoms with van der Waals surface area (Å²) in [5.74, 6) is 0.236. The number of piperazine rings is 1. The van der Waals surface area contributed by atoms with Crippen LogP contribution in [0, 0.1) is 0 Å². The third-order valence-electron chi connectivity index (χ3n) is 5.14. The lowest BCUT2D eigenvalue weighted by atomic mass is 10.1. The first-order valence-electron chi connectivity index (χ1n) is 8.80. The van der Waals surface area contributed by atoms with Crippen molar-refractivity contribution >= 4 is 23.2 Å². The van der Waals surface area contributed by atoms with E-state index in [1.165, 1.54) is 17.8 Å². The Bertz CT molecular complexity index is 571. The van der Waals surface area contributed by atoms with Gasteiger partial charge < -0.3 is 9.80 Å². The molecular formula is C17H26N4O2S. The Hall–Kier alpha value is -1.47. The third kappa shape index (κ3) is 3.62. The van der Waals surface area contributed by atoms with Crippen molar-refractivity contribution in [1.82, 2.24) is 19.7 Å². The van der Waals surface area contributed by atoms with E-state index < -0.39 is 0 Å². The quantitative estimate of drug-likeness (QED) is 0.832. The molecule has 0 radical (unpaired) electrons. The lowest BCUT2D eigenvalue weighted by Gasteiger charge is -2.43. The first kappa shape index (κ1) is 17.4. The standard InChI is InChI=1S/C17H26N4O2S/c1-13-10-20(14(2)16(22)19-6-4-3-5-7-19)8-9-21(13)17(23)15-11-24-12-18-15/h11-14H,3-10H2,1-2H3/t13-,14?/m0/s1. The second kappa shape index (κ2) is 7.61. The van der Waals surface area contributed by atoms with E-state index in [0.29, 0.717) is 12.2 Å². The van der Waals surface area contributed by atoms with E-state index in [9.17, 15) is 9.59 Å². The smallest absolute Gasteiger partial charge is 0.273 e. The Balaban J connectivity index is 1.58. The summed E-state index contributed by atoms with van der Waals surface area (Å²) in [6.07, 6.45) is 3.46. The fraction of sp³-hybridized carbons (Fsp3) is 0.706. The molecule has 2 saturated heterocycles. The normalized spacial score (nSPS) is 24.0. The van der Waals surface area contributed by atoms with Gasteiger partial charge in [0.25, 0.3) is 5.91 Å². The SMILES string of the molecule is CC(C(=O)N1CCCCC1)N1CCN(C(=O)c2cscn2)[C@@H](C)C1. The zero-order valence-corrected chi connectivity index (χ0v) is 15.3. The van der Waals surface area contributed by atoms with Gasteiger partial charge in [0.05, 0.1) is 11.6 Å². The summed E-state index contributed by atoms with van der Waals surface area (Å²) in [6, 6.07) is -0.0216. The molecule has 0 N–H and O–H groups in total. The van der Waals surface area contributed by atoms with Gasteiger partial charge in [-0.1, -0.05) is 0 Å². The van der Waals surface area contributed by atoms with Crippen molar-refractivity contribution < 1.29 is 9.59 Å². The molecule has 1 unspecified atom stereocenters. The molecule has 132 valence electrons. The van der Waals surface area contributed by atoms with Crippen molar-refractivity contribution in [2.45, 2.75) is 45.2 Å². The van der Waals surface area contributed by atoms with Gasteiger partial charge in [-0.3, -0.25) is 14.5 Å². The summed E-state index contributed by atoms with van der Waals surface area (Å²) >= 11 is 1.44. The highest BCUT2D eigenvalue weighted by molar-refractivity contribution is 7.07. The topological polar surface area (TPSA) is 56.8 Å². The number of rotatable bonds is 3. The van der Waals surface area contributed by atoms with Crippen molar-refractivity contribution in [3.05, 3.63) is 16.6 Å². The van der Waals surface area contributed by atoms with Crippen LogP contribution in [0.15, 0.2) is 10.9 Å². The molecule has 3 rings (SSSR count). The molecule has 2 amide bonds. The maximum absolute atomic E-state index is 12.7. The maximum atomic E-state index is 12.7. The molecule has 0 aliphatic carbocycles. The number of hydrogen-bond acceptors (Lipinski definition) is 5. The largest absolute Gasteiger partial charge is 0.341 e. The summed E-state index contributed by atoms with van der Waals surface area (Å²) in [6.45, 7) is 7.95. The molecule has 0 spiro atoms. The van der Waals surface area contributed by atoms with E-state index in [1.807, 2.05) is 16.7 Å². The average molecular weight is 350 g/mol. The zero-order chi connectivity index (χ0) is 17.1. The molecule has 0 aromatic carbocycles. The first-order chi connectivity index (χ1) is 11.6. The third-order valence-corrected chi connectivity index (χ3v) is 5.73. The summed E-state index contributed by atoms with van der Waals surface area (Å²) in [7, 11) is 0. The van der Waals surface area contributed by atoms with Crippen LogP contribution in [0.2, 0.25) is 0 Å². The average Bonchev–Trinajstić information content (AvgIpc) is 3.15. The van der Waals surface area contributed by atoms with Gasteiger partial charge in [0, 0.05) is 44.1 Å². The summed E-state index contributed by atoms with van der Waals surface area (Å²) in [5.41, 5.74) is 2.21. The Labute approximate surface area is 147 Å². The van der Waals surface area contributed by atoms with Gasteiger partial charge in [0.1, 0.15) is 5.69 Å². The van der Waals surface area contributed by atoms with Crippen LogP contribution < -0.4 is 0 Å². The molecule has 24 heavy (non-hydrogen) atoms. The summed E-state index contributed by atoms with van der Waals surface area (Å²) in [5, 5.41) is 1.80. The number of hydrogen-bond donors (Lipinski definition) is 0. The van der Waals surface area contributed by atoms with Crippen molar-refractivity contribution in [3.63, 3.8) is 0 Å². The molecule has 2 atom stereocenters. The lowest BCUT2D eigenvalue weighted by molar-refractivity contribution is -0.138. The van der Waals surface area contributed by atoms with Crippen molar-refractivity contribution in [2.24, 2.45) is 0 Å². The number of carbonyl (C=O) groups is 2. The molecule has 1 aromatic heterocycles. The molecule has 7 heteroatoms. The summed E-state index contributed by atoms with van der Waals surface area (Å²) < 4.78 is 0. The number of amides is 2. The van der Waals surface area contributed by atoms with E-state index in [2.05, 4.69) is 16.8 Å². The Morgan fingerprint density at radius 1 is 1.21 bits per heavy atom. The van der Waals surface area contributed by atoms with Gasteiger partial charge in [-0.25, -0.2) is 4.98 Å². The Kier molecular flexibility index (Phi) is 5.50. The molecule has 6 nitrogen and oxygen atoms in total. The second-order valence-electron chi connectivity index (χ2n) is 6.78. The van der Waals surface area contributed by atoms with E-state index >= 15 is 0 Å². The van der Waals surface area contributed by atoms with Gasteiger partial charge in [-0.15, -0.1) is 11.3 Å². The molecule has 0 bridgehead atoms. The summed E-state index contributed by atoms with van der Waals surface area (Å²) in [4.78, 5) is 35.4. The number of likely N-dealkylation sites (tertiary alicyclic amines) is 1. The van der Waals surface area contributed by atoms with Gasteiger partial charge in [-0.2, -0.15) is 0 Å². The minimum atomic E-state index is -0.109. The highest BCUT2D eigenvalue weighted by Crippen LogP contribution is 2.18. The van der Waals surface area contributed by atoms with Crippen LogP contribution in [0.5, 0.6) is 0 Å². The fourth-order valence-corrected chi connectivity index (χ4v) is 4.17. The van der Waals surface area contributed by atoms with Crippen molar-refractivity contribution in [3.8, 4) is 0 Å². The predicted molar refractivity (Wildman–Crippen MR) is 94.1 cm³/mol. The molecule has 2 fully saturated rings. The molecule has 1 aromatic rings. The first-order valence-corrected chi connectivity index (χ1v) is 9.74. The Morgan fingerprint density at radius 3 is 2.58 bits per heavy atom. The minimum absolute atomic E-state index is 0.00147. The van der Waals surface area contributed by atoms with E-state index in [1.54, 1.807) is 10.9 Å². The van der Waals surface area contributed by atoms with Gasteiger partial charge in [0.15, 0.2) is 0 Å². The maximum Gasteiger partial charge on any atom is 0.273 e. The van der Waals surface area contributed by atoms with E-state index in [0.717, 1.165) is 39.0 Å². The molecule has 2 aliphatic rings. The molecule has 2 aliphatic heterocycles. The van der Waals surface area contributed by atoms with Crippen molar-refractivity contribution in [2.75, 3.05) is 32.7 Å². The second-order valence-corrected chi connectivity index (χ2v) is 7.50. The number of aromatic nitrogens is 1. The van der Waals surface area contributed by atoms with Crippen molar-refractivity contribution in [1.29, 1.82) is 0 Å². The highest BCUT2D eigenvalue weighted by atomic mass is 32.1. The van der Waals surface area contributed by atoms with Crippen LogP contribution >= 0.6 is 11.3 Å². The molecule has 3 heterocycles. The number of nitrogens with zero attached hydrogens (tertiary/aromatic N) is 4. The zero-order valence-electron chi connectivity index (χ0n) is 14.5. The van der Waals surface area contributed by atoms with Crippen LogP contribution in [0.3, 0.4) is 0 Å². The minimum Gasteiger partial charge on any atom is -0.341 e. The van der Waals surface area contributed by atoms with Crippen LogP contribution in [-0.4, -0.2) is 76.3 Å². The Morgan fingerprint density at radius 2 is 1.96 bits per heavy atom. The number of carbonyl (C=O) groups excluding carboxylic acids is 2. The monoisotopic (exact) mass is 350 g/mol. The van der Waals surface area contributed by atoms with Gasteiger partial charge >= 0.3 is 0 Å². The molecule has 0 saturated carbocycles. The van der Waals surface area contributed by atoms with Crippen LogP contribution in [0.1, 0.15) is 43.6 Å².